The molecule has 1 heterocycles. The molecule has 4 rings (SSSR count). The quantitative estimate of drug-likeness (QED) is 0.584. The van der Waals surface area contributed by atoms with Gasteiger partial charge in [0, 0.05) is 36.4 Å². The zero-order valence-corrected chi connectivity index (χ0v) is 19.2. The summed E-state index contributed by atoms with van der Waals surface area (Å²) in [7, 11) is 3.88. The third kappa shape index (κ3) is 5.97. The SMILES string of the molecule is COc1ccc(-c2cccc(NC(=O)c3ccc(F)cc3)c2)cc1CN1CCCN(C)CC1. The van der Waals surface area contributed by atoms with E-state index in [-0.39, 0.29) is 11.7 Å². The van der Waals surface area contributed by atoms with Crippen molar-refractivity contribution in [2.24, 2.45) is 0 Å². The van der Waals surface area contributed by atoms with E-state index < -0.39 is 0 Å². The summed E-state index contributed by atoms with van der Waals surface area (Å²) in [6.07, 6.45) is 1.16. The van der Waals surface area contributed by atoms with Crippen molar-refractivity contribution in [3.63, 3.8) is 0 Å². The number of benzene rings is 3. The van der Waals surface area contributed by atoms with Crippen molar-refractivity contribution in [1.82, 2.24) is 9.80 Å². The van der Waals surface area contributed by atoms with Gasteiger partial charge in [0.1, 0.15) is 11.6 Å². The Balaban J connectivity index is 1.53. The molecule has 1 aliphatic rings. The molecule has 3 aromatic rings. The van der Waals surface area contributed by atoms with E-state index >= 15 is 0 Å². The second kappa shape index (κ2) is 10.6. The van der Waals surface area contributed by atoms with Crippen LogP contribution in [-0.4, -0.2) is 56.0 Å². The van der Waals surface area contributed by atoms with Gasteiger partial charge in [-0.05, 0) is 86.2 Å². The summed E-state index contributed by atoms with van der Waals surface area (Å²) in [6.45, 7) is 5.14. The summed E-state index contributed by atoms with van der Waals surface area (Å²) < 4.78 is 18.8. The van der Waals surface area contributed by atoms with Gasteiger partial charge in [0.15, 0.2) is 0 Å². The van der Waals surface area contributed by atoms with Gasteiger partial charge in [0.2, 0.25) is 0 Å². The number of anilines is 1. The maximum Gasteiger partial charge on any atom is 0.255 e. The number of likely N-dealkylation sites (N-methyl/N-ethyl adjacent to an activating group) is 1. The topological polar surface area (TPSA) is 44.8 Å². The number of rotatable bonds is 6. The lowest BCUT2D eigenvalue weighted by Gasteiger charge is -2.22. The monoisotopic (exact) mass is 447 g/mol. The number of hydrogen-bond donors (Lipinski definition) is 1. The maximum atomic E-state index is 13.1. The van der Waals surface area contributed by atoms with Crippen molar-refractivity contribution in [3.8, 4) is 16.9 Å². The van der Waals surface area contributed by atoms with Crippen LogP contribution in [0.25, 0.3) is 11.1 Å². The molecule has 1 aliphatic heterocycles. The van der Waals surface area contributed by atoms with E-state index in [1.807, 2.05) is 36.4 Å². The van der Waals surface area contributed by atoms with Crippen LogP contribution in [0, 0.1) is 5.82 Å². The minimum atomic E-state index is -0.365. The number of carbonyl (C=O) groups is 1. The molecule has 0 aliphatic carbocycles. The average molecular weight is 448 g/mol. The standard InChI is InChI=1S/C27H30FN3O2/c1-30-13-4-14-31(16-15-30)19-23-17-22(9-12-26(23)33-2)21-5-3-6-25(18-21)29-27(32)20-7-10-24(28)11-8-20/h3,5-12,17-18H,4,13-16,19H2,1-2H3,(H,29,32). The Morgan fingerprint density at radius 1 is 0.970 bits per heavy atom. The Kier molecular flexibility index (Phi) is 7.37. The summed E-state index contributed by atoms with van der Waals surface area (Å²) in [4.78, 5) is 17.4. The van der Waals surface area contributed by atoms with Crippen LogP contribution in [0.5, 0.6) is 5.75 Å². The molecule has 33 heavy (non-hydrogen) atoms. The van der Waals surface area contributed by atoms with Crippen molar-refractivity contribution in [2.45, 2.75) is 13.0 Å². The van der Waals surface area contributed by atoms with Gasteiger partial charge in [-0.2, -0.15) is 0 Å². The number of nitrogens with zero attached hydrogens (tertiary/aromatic N) is 2. The van der Waals surface area contributed by atoms with Gasteiger partial charge in [0.05, 0.1) is 7.11 Å². The number of amides is 1. The second-order valence-corrected chi connectivity index (χ2v) is 8.50. The van der Waals surface area contributed by atoms with Crippen LogP contribution in [0.4, 0.5) is 10.1 Å². The van der Waals surface area contributed by atoms with Crippen LogP contribution < -0.4 is 10.1 Å². The number of carbonyl (C=O) groups excluding carboxylic acids is 1. The predicted molar refractivity (Wildman–Crippen MR) is 130 cm³/mol. The molecule has 1 fully saturated rings. The first-order valence-electron chi connectivity index (χ1n) is 11.3. The molecule has 0 unspecified atom stereocenters. The molecule has 172 valence electrons. The normalized spacial score (nSPS) is 15.1. The molecule has 3 aromatic carbocycles. The van der Waals surface area contributed by atoms with Gasteiger partial charge in [-0.15, -0.1) is 0 Å². The van der Waals surface area contributed by atoms with Crippen LogP contribution in [-0.2, 0) is 6.54 Å². The van der Waals surface area contributed by atoms with Crippen LogP contribution in [0.2, 0.25) is 0 Å². The van der Waals surface area contributed by atoms with E-state index in [2.05, 4.69) is 28.2 Å². The van der Waals surface area contributed by atoms with Gasteiger partial charge in [-0.25, -0.2) is 4.39 Å². The number of nitrogens with one attached hydrogen (secondary N) is 1. The largest absolute Gasteiger partial charge is 0.496 e. The molecule has 1 saturated heterocycles. The van der Waals surface area contributed by atoms with Gasteiger partial charge < -0.3 is 15.0 Å². The molecule has 0 radical (unpaired) electrons. The zero-order valence-electron chi connectivity index (χ0n) is 19.2. The minimum Gasteiger partial charge on any atom is -0.496 e. The summed E-state index contributed by atoms with van der Waals surface area (Å²) in [6, 6.07) is 19.5. The van der Waals surface area contributed by atoms with E-state index in [1.165, 1.54) is 24.3 Å². The zero-order chi connectivity index (χ0) is 23.2. The molecule has 0 spiro atoms. The highest BCUT2D eigenvalue weighted by molar-refractivity contribution is 6.04. The highest BCUT2D eigenvalue weighted by Gasteiger charge is 2.15. The van der Waals surface area contributed by atoms with E-state index in [9.17, 15) is 9.18 Å². The van der Waals surface area contributed by atoms with Crippen LogP contribution >= 0.6 is 0 Å². The number of methoxy groups -OCH3 is 1. The van der Waals surface area contributed by atoms with Gasteiger partial charge in [-0.1, -0.05) is 18.2 Å². The van der Waals surface area contributed by atoms with E-state index in [1.54, 1.807) is 7.11 Å². The fourth-order valence-electron chi connectivity index (χ4n) is 4.16. The van der Waals surface area contributed by atoms with E-state index in [0.717, 1.165) is 61.6 Å². The van der Waals surface area contributed by atoms with Crippen LogP contribution in [0.15, 0.2) is 66.7 Å². The lowest BCUT2D eigenvalue weighted by Crippen LogP contribution is -2.28. The lowest BCUT2D eigenvalue weighted by atomic mass is 10.0. The second-order valence-electron chi connectivity index (χ2n) is 8.50. The van der Waals surface area contributed by atoms with Crippen molar-refractivity contribution >= 4 is 11.6 Å². The highest BCUT2D eigenvalue weighted by atomic mass is 19.1. The Bertz CT molecular complexity index is 1100. The van der Waals surface area contributed by atoms with Crippen LogP contribution in [0.1, 0.15) is 22.3 Å². The summed E-state index contributed by atoms with van der Waals surface area (Å²) in [5.74, 6) is 0.252. The summed E-state index contributed by atoms with van der Waals surface area (Å²) >= 11 is 0. The van der Waals surface area contributed by atoms with Gasteiger partial charge in [-0.3, -0.25) is 9.69 Å². The first-order valence-corrected chi connectivity index (χ1v) is 11.3. The molecular formula is C27H30FN3O2. The molecule has 0 aromatic heterocycles. The molecule has 0 saturated carbocycles. The molecule has 5 nitrogen and oxygen atoms in total. The Morgan fingerprint density at radius 2 is 1.76 bits per heavy atom. The van der Waals surface area contributed by atoms with Crippen molar-refractivity contribution in [2.75, 3.05) is 45.7 Å². The molecule has 6 heteroatoms. The van der Waals surface area contributed by atoms with Crippen molar-refractivity contribution in [3.05, 3.63) is 83.7 Å². The molecule has 0 atom stereocenters. The van der Waals surface area contributed by atoms with Crippen LogP contribution in [0.3, 0.4) is 0 Å². The average Bonchev–Trinajstić information content (AvgIpc) is 3.03. The first kappa shape index (κ1) is 23.0. The Hall–Kier alpha value is -3.22. The lowest BCUT2D eigenvalue weighted by molar-refractivity contribution is 0.102. The first-order chi connectivity index (χ1) is 16.0. The van der Waals surface area contributed by atoms with Crippen molar-refractivity contribution in [1.29, 1.82) is 0 Å². The third-order valence-electron chi connectivity index (χ3n) is 6.05. The fraction of sp³-hybridized carbons (Fsp3) is 0.296. The molecule has 0 bridgehead atoms. The number of halogens is 1. The Morgan fingerprint density at radius 3 is 2.55 bits per heavy atom. The van der Waals surface area contributed by atoms with E-state index in [0.29, 0.717) is 11.3 Å². The third-order valence-corrected chi connectivity index (χ3v) is 6.05. The predicted octanol–water partition coefficient (Wildman–Crippen LogP) is 4.89. The highest BCUT2D eigenvalue weighted by Crippen LogP contribution is 2.29. The molecule has 1 N–H and O–H groups in total. The molecule has 1 amide bonds. The molecular weight excluding hydrogens is 417 g/mol. The summed E-state index contributed by atoms with van der Waals surface area (Å²) in [5.41, 5.74) is 4.33. The number of ether oxygens (including phenoxy) is 1. The fourth-order valence-corrected chi connectivity index (χ4v) is 4.16. The number of hydrogen-bond acceptors (Lipinski definition) is 4. The smallest absolute Gasteiger partial charge is 0.255 e. The van der Waals surface area contributed by atoms with Gasteiger partial charge in [0.25, 0.3) is 5.91 Å². The Labute approximate surface area is 194 Å². The minimum absolute atomic E-state index is 0.270. The maximum absolute atomic E-state index is 13.1. The summed E-state index contributed by atoms with van der Waals surface area (Å²) in [5, 5.41) is 2.90. The van der Waals surface area contributed by atoms with E-state index in [4.69, 9.17) is 4.74 Å². The van der Waals surface area contributed by atoms with Crippen molar-refractivity contribution < 1.29 is 13.9 Å². The van der Waals surface area contributed by atoms with Gasteiger partial charge >= 0.3 is 0 Å².